The maximum atomic E-state index is 13.8. The van der Waals surface area contributed by atoms with Gasteiger partial charge in [-0.25, -0.2) is 8.42 Å². The van der Waals surface area contributed by atoms with E-state index in [4.69, 9.17) is 0 Å². The standard InChI is InChI=1S/C29H35N3O4S/c1-21(2)24-15-17-26(18-16-24)32(37(35,36)27-13-7-6-8-14-27)20-28(33)31(23(4)29(34)30-5)19-25-12-10-9-11-22(25)3/h6-18,21,23H,19-20H2,1-5H3,(H,30,34). The number of carbonyl (C=O) groups is 2. The molecule has 0 aliphatic carbocycles. The second-order valence-electron chi connectivity index (χ2n) is 9.31. The van der Waals surface area contributed by atoms with E-state index in [1.165, 1.54) is 24.1 Å². The van der Waals surface area contributed by atoms with E-state index in [0.717, 1.165) is 21.0 Å². The van der Waals surface area contributed by atoms with Gasteiger partial charge in [-0.05, 0) is 60.7 Å². The first kappa shape index (κ1) is 27.9. The molecule has 8 heteroatoms. The minimum atomic E-state index is -4.06. The molecule has 1 unspecified atom stereocenters. The number of carbonyl (C=O) groups excluding carboxylic acids is 2. The minimum Gasteiger partial charge on any atom is -0.357 e. The van der Waals surface area contributed by atoms with E-state index in [2.05, 4.69) is 19.2 Å². The van der Waals surface area contributed by atoms with Gasteiger partial charge in [0.1, 0.15) is 12.6 Å². The van der Waals surface area contributed by atoms with Gasteiger partial charge in [0, 0.05) is 13.6 Å². The van der Waals surface area contributed by atoms with Crippen molar-refractivity contribution in [3.05, 3.63) is 95.6 Å². The van der Waals surface area contributed by atoms with Crippen LogP contribution in [0.3, 0.4) is 0 Å². The van der Waals surface area contributed by atoms with E-state index in [-0.39, 0.29) is 23.3 Å². The van der Waals surface area contributed by atoms with Crippen LogP contribution in [-0.4, -0.2) is 44.8 Å². The third-order valence-electron chi connectivity index (χ3n) is 6.47. The summed E-state index contributed by atoms with van der Waals surface area (Å²) in [7, 11) is -2.55. The highest BCUT2D eigenvalue weighted by Gasteiger charge is 2.32. The zero-order valence-electron chi connectivity index (χ0n) is 22.0. The highest BCUT2D eigenvalue weighted by Crippen LogP contribution is 2.26. The van der Waals surface area contributed by atoms with Crippen LogP contribution in [0.15, 0.2) is 83.8 Å². The fraction of sp³-hybridized carbons (Fsp3) is 0.310. The van der Waals surface area contributed by atoms with Gasteiger partial charge in [0.05, 0.1) is 10.6 Å². The Bertz CT molecular complexity index is 1320. The fourth-order valence-corrected chi connectivity index (χ4v) is 5.47. The normalized spacial score (nSPS) is 12.2. The number of aryl methyl sites for hydroxylation is 1. The summed E-state index contributed by atoms with van der Waals surface area (Å²) in [5.41, 5.74) is 3.29. The monoisotopic (exact) mass is 521 g/mol. The largest absolute Gasteiger partial charge is 0.357 e. The van der Waals surface area contributed by atoms with Crippen LogP contribution >= 0.6 is 0 Å². The molecule has 1 N–H and O–H groups in total. The lowest BCUT2D eigenvalue weighted by molar-refractivity contribution is -0.139. The topological polar surface area (TPSA) is 86.8 Å². The lowest BCUT2D eigenvalue weighted by atomic mass is 10.0. The van der Waals surface area contributed by atoms with Crippen LogP contribution in [0.25, 0.3) is 0 Å². The minimum absolute atomic E-state index is 0.0838. The first-order chi connectivity index (χ1) is 17.6. The molecule has 7 nitrogen and oxygen atoms in total. The van der Waals surface area contributed by atoms with Crippen LogP contribution in [0.2, 0.25) is 0 Å². The van der Waals surface area contributed by atoms with Crippen molar-refractivity contribution in [2.24, 2.45) is 0 Å². The Morgan fingerprint density at radius 1 is 0.865 bits per heavy atom. The number of nitrogens with zero attached hydrogens (tertiary/aromatic N) is 2. The van der Waals surface area contributed by atoms with Crippen LogP contribution in [0, 0.1) is 6.92 Å². The highest BCUT2D eigenvalue weighted by atomic mass is 32.2. The average molecular weight is 522 g/mol. The Hall–Kier alpha value is -3.65. The van der Waals surface area contributed by atoms with Crippen molar-refractivity contribution in [2.75, 3.05) is 17.9 Å². The van der Waals surface area contributed by atoms with Crippen LogP contribution in [-0.2, 0) is 26.2 Å². The average Bonchev–Trinajstić information content (AvgIpc) is 2.90. The Kier molecular flexibility index (Phi) is 9.10. The van der Waals surface area contributed by atoms with Crippen molar-refractivity contribution in [1.29, 1.82) is 0 Å². The molecule has 3 aromatic rings. The van der Waals surface area contributed by atoms with Gasteiger partial charge in [-0.1, -0.05) is 68.4 Å². The van der Waals surface area contributed by atoms with Crippen molar-refractivity contribution in [1.82, 2.24) is 10.2 Å². The zero-order valence-corrected chi connectivity index (χ0v) is 22.8. The molecule has 0 spiro atoms. The van der Waals surface area contributed by atoms with Crippen molar-refractivity contribution >= 4 is 27.5 Å². The quantitative estimate of drug-likeness (QED) is 0.426. The fourth-order valence-electron chi connectivity index (χ4n) is 4.04. The molecule has 0 aliphatic heterocycles. The Balaban J connectivity index is 2.04. The highest BCUT2D eigenvalue weighted by molar-refractivity contribution is 7.92. The van der Waals surface area contributed by atoms with Gasteiger partial charge in [0.2, 0.25) is 11.8 Å². The lowest BCUT2D eigenvalue weighted by Gasteiger charge is -2.32. The zero-order chi connectivity index (χ0) is 27.2. The van der Waals surface area contributed by atoms with E-state index >= 15 is 0 Å². The van der Waals surface area contributed by atoms with Crippen molar-refractivity contribution in [2.45, 2.75) is 51.1 Å². The summed E-state index contributed by atoms with van der Waals surface area (Å²) in [6, 6.07) is 22.0. The Labute approximate surface area is 220 Å². The van der Waals surface area contributed by atoms with Crippen LogP contribution in [0.4, 0.5) is 5.69 Å². The van der Waals surface area contributed by atoms with Gasteiger partial charge >= 0.3 is 0 Å². The lowest BCUT2D eigenvalue weighted by Crippen LogP contribution is -2.50. The summed E-state index contributed by atoms with van der Waals surface area (Å²) in [4.78, 5) is 27.9. The first-order valence-electron chi connectivity index (χ1n) is 12.3. The smallest absolute Gasteiger partial charge is 0.264 e. The van der Waals surface area contributed by atoms with E-state index < -0.39 is 28.5 Å². The molecule has 0 aliphatic rings. The molecule has 0 heterocycles. The van der Waals surface area contributed by atoms with Gasteiger partial charge in [0.25, 0.3) is 10.0 Å². The Morgan fingerprint density at radius 3 is 2.03 bits per heavy atom. The van der Waals surface area contributed by atoms with Gasteiger partial charge in [0.15, 0.2) is 0 Å². The first-order valence-corrected chi connectivity index (χ1v) is 13.7. The molecular formula is C29H35N3O4S. The van der Waals surface area contributed by atoms with Crippen LogP contribution in [0.5, 0.6) is 0 Å². The molecule has 3 aromatic carbocycles. The second-order valence-corrected chi connectivity index (χ2v) is 11.2. The van der Waals surface area contributed by atoms with Crippen molar-refractivity contribution in [3.63, 3.8) is 0 Å². The van der Waals surface area contributed by atoms with Crippen molar-refractivity contribution < 1.29 is 18.0 Å². The summed E-state index contributed by atoms with van der Waals surface area (Å²) in [5.74, 6) is -0.541. The second kappa shape index (κ2) is 12.1. The maximum absolute atomic E-state index is 13.8. The molecule has 2 amide bonds. The predicted molar refractivity (Wildman–Crippen MR) is 147 cm³/mol. The van der Waals surface area contributed by atoms with Gasteiger partial charge in [-0.3, -0.25) is 13.9 Å². The van der Waals surface area contributed by atoms with Crippen LogP contribution < -0.4 is 9.62 Å². The summed E-state index contributed by atoms with van der Waals surface area (Å²) < 4.78 is 28.6. The molecule has 0 bridgehead atoms. The SMILES string of the molecule is CNC(=O)C(C)N(Cc1ccccc1C)C(=O)CN(c1ccc(C(C)C)cc1)S(=O)(=O)c1ccccc1. The molecule has 0 radical (unpaired) electrons. The van der Waals surface area contributed by atoms with Gasteiger partial charge < -0.3 is 10.2 Å². The van der Waals surface area contributed by atoms with E-state index in [9.17, 15) is 18.0 Å². The molecule has 1 atom stereocenters. The number of rotatable bonds is 10. The van der Waals surface area contributed by atoms with Crippen LogP contribution in [0.1, 0.15) is 43.4 Å². The van der Waals surface area contributed by atoms with Gasteiger partial charge in [-0.2, -0.15) is 0 Å². The molecule has 3 rings (SSSR count). The summed E-state index contributed by atoms with van der Waals surface area (Å²) in [6.07, 6.45) is 0. The number of benzene rings is 3. The van der Waals surface area contributed by atoms with Gasteiger partial charge in [-0.15, -0.1) is 0 Å². The molecular weight excluding hydrogens is 486 g/mol. The number of likely N-dealkylation sites (N-methyl/N-ethyl adjacent to an activating group) is 1. The van der Waals surface area contributed by atoms with Crippen molar-refractivity contribution in [3.8, 4) is 0 Å². The van der Waals surface area contributed by atoms with E-state index in [0.29, 0.717) is 5.69 Å². The summed E-state index contributed by atoms with van der Waals surface area (Å²) in [6.45, 7) is 7.41. The number of anilines is 1. The predicted octanol–water partition coefficient (Wildman–Crippen LogP) is 4.48. The molecule has 37 heavy (non-hydrogen) atoms. The molecule has 0 saturated heterocycles. The number of sulfonamides is 1. The number of amides is 2. The maximum Gasteiger partial charge on any atom is 0.264 e. The molecule has 0 saturated carbocycles. The molecule has 0 aromatic heterocycles. The molecule has 196 valence electrons. The number of hydrogen-bond acceptors (Lipinski definition) is 4. The number of hydrogen-bond donors (Lipinski definition) is 1. The Morgan fingerprint density at radius 2 is 1.46 bits per heavy atom. The van der Waals surface area contributed by atoms with E-state index in [1.54, 1.807) is 37.3 Å². The third kappa shape index (κ3) is 6.57. The third-order valence-corrected chi connectivity index (χ3v) is 8.26. The summed E-state index contributed by atoms with van der Waals surface area (Å²) >= 11 is 0. The molecule has 0 fully saturated rings. The number of nitrogens with one attached hydrogen (secondary N) is 1. The summed E-state index contributed by atoms with van der Waals surface area (Å²) in [5, 5.41) is 2.59. The van der Waals surface area contributed by atoms with E-state index in [1.807, 2.05) is 43.3 Å².